The van der Waals surface area contributed by atoms with E-state index in [2.05, 4.69) is 58.3 Å². The van der Waals surface area contributed by atoms with Crippen LogP contribution in [0.1, 0.15) is 13.8 Å². The Labute approximate surface area is 154 Å². The molecule has 5 heteroatoms. The topological polar surface area (TPSA) is 50.3 Å². The molecule has 0 saturated heterocycles. The Hall–Kier alpha value is -3.08. The minimum Gasteiger partial charge on any atom is -0.496 e. The molecule has 0 aliphatic rings. The van der Waals surface area contributed by atoms with E-state index in [4.69, 9.17) is 4.74 Å². The first kappa shape index (κ1) is 17.7. The van der Waals surface area contributed by atoms with Gasteiger partial charge in [0.25, 0.3) is 0 Å². The van der Waals surface area contributed by atoms with Crippen molar-refractivity contribution in [3.05, 3.63) is 60.9 Å². The van der Waals surface area contributed by atoms with E-state index in [1.54, 1.807) is 13.4 Å². The summed E-state index contributed by atoms with van der Waals surface area (Å²) in [5.41, 5.74) is 3.97. The van der Waals surface area contributed by atoms with E-state index in [0.29, 0.717) is 0 Å². The molecule has 3 aromatic rings. The highest BCUT2D eigenvalue weighted by molar-refractivity contribution is 5.70. The van der Waals surface area contributed by atoms with Crippen molar-refractivity contribution < 1.29 is 4.74 Å². The zero-order valence-electron chi connectivity index (χ0n) is 15.4. The van der Waals surface area contributed by atoms with Crippen LogP contribution in [0.4, 0.5) is 17.2 Å². The Morgan fingerprint density at radius 2 is 1.69 bits per heavy atom. The minimum atomic E-state index is 0.747. The fraction of sp³-hybridized carbons (Fsp3) is 0.238. The number of nitrogens with zero attached hydrogens (tertiary/aromatic N) is 3. The van der Waals surface area contributed by atoms with Crippen LogP contribution in [0.5, 0.6) is 5.75 Å². The summed E-state index contributed by atoms with van der Waals surface area (Å²) in [5.74, 6) is 1.54. The van der Waals surface area contributed by atoms with Crippen molar-refractivity contribution in [1.29, 1.82) is 0 Å². The Morgan fingerprint density at radius 3 is 2.38 bits per heavy atom. The number of benzene rings is 2. The van der Waals surface area contributed by atoms with Crippen LogP contribution in [0.25, 0.3) is 11.3 Å². The predicted octanol–water partition coefficient (Wildman–Crippen LogP) is 4.74. The summed E-state index contributed by atoms with van der Waals surface area (Å²) in [7, 11) is 1.66. The first-order valence-electron chi connectivity index (χ1n) is 8.82. The molecule has 0 saturated carbocycles. The molecule has 0 bridgehead atoms. The monoisotopic (exact) mass is 348 g/mol. The van der Waals surface area contributed by atoms with E-state index < -0.39 is 0 Å². The maximum absolute atomic E-state index is 5.43. The van der Waals surface area contributed by atoms with Crippen molar-refractivity contribution in [2.75, 3.05) is 30.4 Å². The molecule has 0 unspecified atom stereocenters. The second-order valence-corrected chi connectivity index (χ2v) is 5.83. The van der Waals surface area contributed by atoms with Crippen LogP contribution >= 0.6 is 0 Å². The molecule has 0 radical (unpaired) electrons. The summed E-state index contributed by atoms with van der Waals surface area (Å²) in [4.78, 5) is 11.0. The van der Waals surface area contributed by atoms with E-state index in [1.165, 1.54) is 5.69 Å². The Balaban J connectivity index is 1.81. The van der Waals surface area contributed by atoms with Gasteiger partial charge in [-0.3, -0.25) is 0 Å². The van der Waals surface area contributed by atoms with Crippen LogP contribution in [-0.4, -0.2) is 30.2 Å². The summed E-state index contributed by atoms with van der Waals surface area (Å²) in [5, 5.41) is 3.34. The molecule has 0 amide bonds. The molecule has 3 rings (SSSR count). The molecular formula is C21H24N4O. The molecule has 5 nitrogen and oxygen atoms in total. The van der Waals surface area contributed by atoms with E-state index in [-0.39, 0.29) is 0 Å². The van der Waals surface area contributed by atoms with Gasteiger partial charge in [-0.25, -0.2) is 9.97 Å². The fourth-order valence-electron chi connectivity index (χ4n) is 2.92. The quantitative estimate of drug-likeness (QED) is 0.668. The van der Waals surface area contributed by atoms with Gasteiger partial charge in [0.1, 0.15) is 17.9 Å². The van der Waals surface area contributed by atoms with Gasteiger partial charge in [0.2, 0.25) is 0 Å². The maximum atomic E-state index is 5.43. The highest BCUT2D eigenvalue weighted by Gasteiger charge is 2.08. The highest BCUT2D eigenvalue weighted by atomic mass is 16.5. The lowest BCUT2D eigenvalue weighted by Gasteiger charge is -2.21. The lowest BCUT2D eigenvalue weighted by atomic mass is 10.1. The van der Waals surface area contributed by atoms with Crippen LogP contribution in [0.2, 0.25) is 0 Å². The number of hydrogen-bond acceptors (Lipinski definition) is 5. The summed E-state index contributed by atoms with van der Waals surface area (Å²) in [6.07, 6.45) is 1.56. The van der Waals surface area contributed by atoms with Crippen LogP contribution in [0.15, 0.2) is 60.9 Å². The summed E-state index contributed by atoms with van der Waals surface area (Å²) in [6.45, 7) is 6.32. The molecule has 0 fully saturated rings. The molecule has 1 N–H and O–H groups in total. The third kappa shape index (κ3) is 3.94. The third-order valence-electron chi connectivity index (χ3n) is 4.32. The van der Waals surface area contributed by atoms with Crippen molar-refractivity contribution in [2.24, 2.45) is 0 Å². The van der Waals surface area contributed by atoms with Crippen molar-refractivity contribution in [3.8, 4) is 17.0 Å². The number of anilines is 3. The predicted molar refractivity (Wildman–Crippen MR) is 107 cm³/mol. The second-order valence-electron chi connectivity index (χ2n) is 5.83. The van der Waals surface area contributed by atoms with Gasteiger partial charge < -0.3 is 15.0 Å². The SMILES string of the molecule is CCN(CC)c1ccc(Nc2cc(-c3ccccc3OC)ncn2)cc1. The maximum Gasteiger partial charge on any atom is 0.134 e. The smallest absolute Gasteiger partial charge is 0.134 e. The van der Waals surface area contributed by atoms with Gasteiger partial charge in [0, 0.05) is 36.1 Å². The molecule has 0 atom stereocenters. The standard InChI is InChI=1S/C21H24N4O/c1-4-25(5-2)17-12-10-16(11-13-17)24-21-14-19(22-15-23-21)18-8-6-7-9-20(18)26-3/h6-15H,4-5H2,1-3H3,(H,22,23,24). The van der Waals surface area contributed by atoms with Gasteiger partial charge in [-0.1, -0.05) is 12.1 Å². The number of rotatable bonds is 7. The molecule has 1 aromatic heterocycles. The number of hydrogen-bond donors (Lipinski definition) is 1. The van der Waals surface area contributed by atoms with E-state index in [1.807, 2.05) is 30.3 Å². The number of aromatic nitrogens is 2. The number of para-hydroxylation sites is 1. The summed E-state index contributed by atoms with van der Waals surface area (Å²) in [6, 6.07) is 18.1. The van der Waals surface area contributed by atoms with Crippen molar-refractivity contribution in [3.63, 3.8) is 0 Å². The lowest BCUT2D eigenvalue weighted by molar-refractivity contribution is 0.416. The van der Waals surface area contributed by atoms with Gasteiger partial charge in [0.15, 0.2) is 0 Å². The van der Waals surface area contributed by atoms with Gasteiger partial charge in [0.05, 0.1) is 12.8 Å². The van der Waals surface area contributed by atoms with Gasteiger partial charge >= 0.3 is 0 Å². The molecule has 26 heavy (non-hydrogen) atoms. The molecule has 2 aromatic carbocycles. The molecule has 0 spiro atoms. The largest absolute Gasteiger partial charge is 0.496 e. The van der Waals surface area contributed by atoms with Gasteiger partial charge in [-0.2, -0.15) is 0 Å². The van der Waals surface area contributed by atoms with Crippen molar-refractivity contribution >= 4 is 17.2 Å². The van der Waals surface area contributed by atoms with E-state index >= 15 is 0 Å². The van der Waals surface area contributed by atoms with E-state index in [0.717, 1.165) is 41.6 Å². The Bertz CT molecular complexity index is 845. The first-order chi connectivity index (χ1) is 12.7. The van der Waals surface area contributed by atoms with Crippen LogP contribution in [0, 0.1) is 0 Å². The van der Waals surface area contributed by atoms with Crippen LogP contribution < -0.4 is 15.0 Å². The average Bonchev–Trinajstić information content (AvgIpc) is 2.70. The van der Waals surface area contributed by atoms with Crippen molar-refractivity contribution in [1.82, 2.24) is 9.97 Å². The zero-order valence-corrected chi connectivity index (χ0v) is 15.4. The van der Waals surface area contributed by atoms with Gasteiger partial charge in [-0.05, 0) is 50.2 Å². The molecular weight excluding hydrogens is 324 g/mol. The Morgan fingerprint density at radius 1 is 0.962 bits per heavy atom. The second kappa shape index (κ2) is 8.34. The van der Waals surface area contributed by atoms with Crippen molar-refractivity contribution in [2.45, 2.75) is 13.8 Å². The molecule has 134 valence electrons. The average molecular weight is 348 g/mol. The zero-order chi connectivity index (χ0) is 18.4. The normalized spacial score (nSPS) is 10.4. The van der Waals surface area contributed by atoms with Crippen LogP contribution in [-0.2, 0) is 0 Å². The van der Waals surface area contributed by atoms with Crippen LogP contribution in [0.3, 0.4) is 0 Å². The molecule has 0 aliphatic heterocycles. The highest BCUT2D eigenvalue weighted by Crippen LogP contribution is 2.29. The first-order valence-corrected chi connectivity index (χ1v) is 8.82. The minimum absolute atomic E-state index is 0.747. The Kier molecular flexibility index (Phi) is 5.69. The lowest BCUT2D eigenvalue weighted by Crippen LogP contribution is -2.21. The third-order valence-corrected chi connectivity index (χ3v) is 4.32. The van der Waals surface area contributed by atoms with Gasteiger partial charge in [-0.15, -0.1) is 0 Å². The molecule has 1 heterocycles. The molecule has 0 aliphatic carbocycles. The summed E-state index contributed by atoms with van der Waals surface area (Å²) < 4.78 is 5.43. The number of nitrogens with one attached hydrogen (secondary N) is 1. The fourth-order valence-corrected chi connectivity index (χ4v) is 2.92. The number of methoxy groups -OCH3 is 1. The number of ether oxygens (including phenoxy) is 1. The summed E-state index contributed by atoms with van der Waals surface area (Å²) >= 11 is 0. The van der Waals surface area contributed by atoms with E-state index in [9.17, 15) is 0 Å².